The summed E-state index contributed by atoms with van der Waals surface area (Å²) >= 11 is 0. The SMILES string of the molecule is CC(CNC(=O)c1ccc[nH]c1=O)CN1CCCC1=O. The maximum absolute atomic E-state index is 11.9. The maximum atomic E-state index is 11.9. The van der Waals surface area contributed by atoms with Crippen molar-refractivity contribution in [3.8, 4) is 0 Å². The third kappa shape index (κ3) is 3.46. The van der Waals surface area contributed by atoms with Gasteiger partial charge >= 0.3 is 0 Å². The average molecular weight is 277 g/mol. The molecule has 0 bridgehead atoms. The second-order valence-electron chi connectivity index (χ2n) is 5.17. The third-order valence-corrected chi connectivity index (χ3v) is 3.38. The number of amides is 2. The van der Waals surface area contributed by atoms with Crippen LogP contribution in [0.5, 0.6) is 0 Å². The number of nitrogens with one attached hydrogen (secondary N) is 2. The molecule has 108 valence electrons. The van der Waals surface area contributed by atoms with Crippen LogP contribution in [0.2, 0.25) is 0 Å². The van der Waals surface area contributed by atoms with Gasteiger partial charge in [0.05, 0.1) is 0 Å². The molecule has 1 unspecified atom stereocenters. The Bertz CT molecular complexity index is 553. The molecule has 1 aromatic heterocycles. The normalized spacial score (nSPS) is 16.2. The minimum atomic E-state index is -0.396. The fourth-order valence-electron chi connectivity index (χ4n) is 2.30. The molecular formula is C14H19N3O3. The number of H-pyrrole nitrogens is 1. The molecule has 0 spiro atoms. The number of carbonyl (C=O) groups excluding carboxylic acids is 2. The van der Waals surface area contributed by atoms with Crippen LogP contribution in [0.15, 0.2) is 23.1 Å². The molecule has 2 heterocycles. The predicted molar refractivity (Wildman–Crippen MR) is 74.4 cm³/mol. The van der Waals surface area contributed by atoms with Crippen LogP contribution in [0.25, 0.3) is 0 Å². The second kappa shape index (κ2) is 6.36. The van der Waals surface area contributed by atoms with Gasteiger partial charge in [0.1, 0.15) is 5.56 Å². The van der Waals surface area contributed by atoms with Crippen molar-refractivity contribution in [3.05, 3.63) is 34.2 Å². The number of carbonyl (C=O) groups is 2. The zero-order valence-electron chi connectivity index (χ0n) is 11.5. The van der Waals surface area contributed by atoms with Crippen molar-refractivity contribution in [2.45, 2.75) is 19.8 Å². The van der Waals surface area contributed by atoms with E-state index in [9.17, 15) is 14.4 Å². The van der Waals surface area contributed by atoms with E-state index in [-0.39, 0.29) is 23.3 Å². The Morgan fingerprint density at radius 3 is 2.95 bits per heavy atom. The van der Waals surface area contributed by atoms with Crippen molar-refractivity contribution in [2.24, 2.45) is 5.92 Å². The summed E-state index contributed by atoms with van der Waals surface area (Å²) in [6, 6.07) is 3.10. The minimum Gasteiger partial charge on any atom is -0.352 e. The number of hydrogen-bond acceptors (Lipinski definition) is 3. The Hall–Kier alpha value is -2.11. The summed E-state index contributed by atoms with van der Waals surface area (Å²) in [6.45, 7) is 3.86. The zero-order chi connectivity index (χ0) is 14.5. The molecule has 1 aliphatic rings. The number of aromatic nitrogens is 1. The first kappa shape index (κ1) is 14.3. The molecule has 1 fully saturated rings. The molecule has 0 aromatic carbocycles. The molecule has 20 heavy (non-hydrogen) atoms. The molecule has 1 saturated heterocycles. The van der Waals surface area contributed by atoms with E-state index in [0.29, 0.717) is 19.5 Å². The van der Waals surface area contributed by atoms with E-state index in [1.54, 1.807) is 6.07 Å². The zero-order valence-corrected chi connectivity index (χ0v) is 11.5. The molecule has 2 N–H and O–H groups in total. The highest BCUT2D eigenvalue weighted by Gasteiger charge is 2.22. The third-order valence-electron chi connectivity index (χ3n) is 3.38. The Balaban J connectivity index is 1.83. The number of nitrogens with zero attached hydrogens (tertiary/aromatic N) is 1. The van der Waals surface area contributed by atoms with Gasteiger partial charge in [0.15, 0.2) is 0 Å². The Labute approximate surface area is 117 Å². The first-order valence-electron chi connectivity index (χ1n) is 6.81. The van der Waals surface area contributed by atoms with Crippen molar-refractivity contribution in [1.29, 1.82) is 0 Å². The number of pyridine rings is 1. The fourth-order valence-corrected chi connectivity index (χ4v) is 2.30. The lowest BCUT2D eigenvalue weighted by molar-refractivity contribution is -0.128. The molecule has 2 rings (SSSR count). The van der Waals surface area contributed by atoms with Gasteiger partial charge in [-0.3, -0.25) is 14.4 Å². The first-order chi connectivity index (χ1) is 9.58. The molecule has 0 aliphatic carbocycles. The van der Waals surface area contributed by atoms with E-state index < -0.39 is 5.56 Å². The van der Waals surface area contributed by atoms with E-state index >= 15 is 0 Å². The highest BCUT2D eigenvalue weighted by atomic mass is 16.2. The van der Waals surface area contributed by atoms with Crippen molar-refractivity contribution < 1.29 is 9.59 Å². The van der Waals surface area contributed by atoms with Gasteiger partial charge in [-0.1, -0.05) is 6.92 Å². The minimum absolute atomic E-state index is 0.108. The van der Waals surface area contributed by atoms with Crippen LogP contribution in [0.4, 0.5) is 0 Å². The lowest BCUT2D eigenvalue weighted by Gasteiger charge is -2.20. The average Bonchev–Trinajstić information content (AvgIpc) is 2.82. The summed E-state index contributed by atoms with van der Waals surface area (Å²) < 4.78 is 0. The summed E-state index contributed by atoms with van der Waals surface area (Å²) in [4.78, 5) is 39.1. The summed E-state index contributed by atoms with van der Waals surface area (Å²) in [5.74, 6) is -0.0436. The van der Waals surface area contributed by atoms with Crippen LogP contribution in [0.3, 0.4) is 0 Å². The Kier molecular flexibility index (Phi) is 4.55. The standard InChI is InChI=1S/C14H19N3O3/c1-10(9-17-7-3-5-12(17)18)8-16-14(20)11-4-2-6-15-13(11)19/h2,4,6,10H,3,5,7-9H2,1H3,(H,15,19)(H,16,20). The van der Waals surface area contributed by atoms with Gasteiger partial charge in [0, 0.05) is 32.3 Å². The number of aromatic amines is 1. The Morgan fingerprint density at radius 2 is 2.30 bits per heavy atom. The van der Waals surface area contributed by atoms with Gasteiger partial charge in [-0.05, 0) is 24.5 Å². The van der Waals surface area contributed by atoms with E-state index in [1.807, 2.05) is 11.8 Å². The highest BCUT2D eigenvalue weighted by molar-refractivity contribution is 5.93. The summed E-state index contributed by atoms with van der Waals surface area (Å²) in [5, 5.41) is 2.73. The van der Waals surface area contributed by atoms with E-state index in [2.05, 4.69) is 10.3 Å². The number of hydrogen-bond donors (Lipinski definition) is 2. The van der Waals surface area contributed by atoms with E-state index in [1.165, 1.54) is 12.3 Å². The summed E-state index contributed by atoms with van der Waals surface area (Å²) in [5.41, 5.74) is -0.288. The number of likely N-dealkylation sites (tertiary alicyclic amines) is 1. The Morgan fingerprint density at radius 1 is 1.50 bits per heavy atom. The molecule has 0 radical (unpaired) electrons. The number of rotatable bonds is 5. The predicted octanol–water partition coefficient (Wildman–Crippen LogP) is 0.363. The van der Waals surface area contributed by atoms with E-state index in [4.69, 9.17) is 0 Å². The molecule has 1 aliphatic heterocycles. The molecule has 0 saturated carbocycles. The molecule has 6 nitrogen and oxygen atoms in total. The maximum Gasteiger partial charge on any atom is 0.260 e. The van der Waals surface area contributed by atoms with Crippen molar-refractivity contribution in [2.75, 3.05) is 19.6 Å². The van der Waals surface area contributed by atoms with Crippen molar-refractivity contribution in [3.63, 3.8) is 0 Å². The highest BCUT2D eigenvalue weighted by Crippen LogP contribution is 2.11. The van der Waals surface area contributed by atoms with Crippen molar-refractivity contribution >= 4 is 11.8 Å². The molecule has 1 aromatic rings. The van der Waals surface area contributed by atoms with Gasteiger partial charge in [0.25, 0.3) is 11.5 Å². The van der Waals surface area contributed by atoms with Gasteiger partial charge in [-0.2, -0.15) is 0 Å². The van der Waals surface area contributed by atoms with Crippen LogP contribution in [0, 0.1) is 5.92 Å². The van der Waals surface area contributed by atoms with E-state index in [0.717, 1.165) is 13.0 Å². The molecule has 2 amide bonds. The van der Waals surface area contributed by atoms with Gasteiger partial charge in [0.2, 0.25) is 5.91 Å². The molecular weight excluding hydrogens is 258 g/mol. The monoisotopic (exact) mass is 277 g/mol. The lowest BCUT2D eigenvalue weighted by Crippen LogP contribution is -2.37. The summed E-state index contributed by atoms with van der Waals surface area (Å²) in [7, 11) is 0. The lowest BCUT2D eigenvalue weighted by atomic mass is 10.1. The van der Waals surface area contributed by atoms with Crippen LogP contribution in [-0.2, 0) is 4.79 Å². The van der Waals surface area contributed by atoms with Gasteiger partial charge < -0.3 is 15.2 Å². The van der Waals surface area contributed by atoms with Gasteiger partial charge in [-0.15, -0.1) is 0 Å². The van der Waals surface area contributed by atoms with Crippen LogP contribution >= 0.6 is 0 Å². The van der Waals surface area contributed by atoms with Crippen LogP contribution in [0.1, 0.15) is 30.1 Å². The second-order valence-corrected chi connectivity index (χ2v) is 5.17. The largest absolute Gasteiger partial charge is 0.352 e. The first-order valence-corrected chi connectivity index (χ1v) is 6.81. The van der Waals surface area contributed by atoms with Gasteiger partial charge in [-0.25, -0.2) is 0 Å². The fraction of sp³-hybridized carbons (Fsp3) is 0.500. The van der Waals surface area contributed by atoms with Crippen LogP contribution in [-0.4, -0.2) is 41.3 Å². The van der Waals surface area contributed by atoms with Crippen molar-refractivity contribution in [1.82, 2.24) is 15.2 Å². The molecule has 1 atom stereocenters. The molecule has 6 heteroatoms. The quantitative estimate of drug-likeness (QED) is 0.815. The smallest absolute Gasteiger partial charge is 0.260 e. The van der Waals surface area contributed by atoms with Crippen LogP contribution < -0.4 is 10.9 Å². The summed E-state index contributed by atoms with van der Waals surface area (Å²) in [6.07, 6.45) is 3.02. The topological polar surface area (TPSA) is 82.3 Å².